The molecule has 0 aromatic carbocycles. The van der Waals surface area contributed by atoms with Crippen molar-refractivity contribution in [1.29, 1.82) is 0 Å². The molecule has 0 aliphatic carbocycles. The van der Waals surface area contributed by atoms with E-state index < -0.39 is 23.8 Å². The third-order valence-electron chi connectivity index (χ3n) is 3.31. The highest BCUT2D eigenvalue weighted by Crippen LogP contribution is 2.36. The van der Waals surface area contributed by atoms with Crippen LogP contribution in [0.25, 0.3) is 0 Å². The lowest BCUT2D eigenvalue weighted by atomic mass is 10.3. The van der Waals surface area contributed by atoms with Crippen molar-refractivity contribution in [2.45, 2.75) is 39.9 Å². The van der Waals surface area contributed by atoms with Gasteiger partial charge in [0.15, 0.2) is 5.69 Å². The van der Waals surface area contributed by atoms with E-state index in [1.165, 1.54) is 13.8 Å². The van der Waals surface area contributed by atoms with Gasteiger partial charge in [0.05, 0.1) is 10.2 Å². The van der Waals surface area contributed by atoms with E-state index in [4.69, 9.17) is 0 Å². The molecule has 1 amide bonds. The number of nitrogens with one attached hydrogen (secondary N) is 1. The smallest absolute Gasteiger partial charge is 0.293 e. The van der Waals surface area contributed by atoms with E-state index in [0.717, 1.165) is 4.68 Å². The van der Waals surface area contributed by atoms with Crippen LogP contribution in [-0.4, -0.2) is 25.7 Å². The Morgan fingerprint density at radius 1 is 1.25 bits per heavy atom. The van der Waals surface area contributed by atoms with Gasteiger partial charge in [-0.3, -0.25) is 14.8 Å². The predicted molar refractivity (Wildman–Crippen MR) is 84.5 cm³/mol. The molecule has 0 aliphatic rings. The number of amides is 1. The SMILES string of the molecule is Cc1cc(C)nc(NC(=O)C(C)n2nc(C(F)(F)F)c(Br)c2C)n1. The number of aryl methyl sites for hydroxylation is 2. The second kappa shape index (κ2) is 6.50. The third kappa shape index (κ3) is 3.74. The topological polar surface area (TPSA) is 72.7 Å². The minimum Gasteiger partial charge on any atom is -0.293 e. The molecule has 0 spiro atoms. The summed E-state index contributed by atoms with van der Waals surface area (Å²) in [5.41, 5.74) is 0.472. The molecule has 0 fully saturated rings. The van der Waals surface area contributed by atoms with Crippen molar-refractivity contribution in [2.24, 2.45) is 0 Å². The largest absolute Gasteiger partial charge is 0.436 e. The van der Waals surface area contributed by atoms with E-state index in [1.54, 1.807) is 19.9 Å². The van der Waals surface area contributed by atoms with Gasteiger partial charge in [-0.15, -0.1) is 0 Å². The molecule has 2 aromatic rings. The molecule has 0 saturated heterocycles. The van der Waals surface area contributed by atoms with E-state index in [-0.39, 0.29) is 16.1 Å². The van der Waals surface area contributed by atoms with Crippen LogP contribution in [0.5, 0.6) is 0 Å². The fourth-order valence-electron chi connectivity index (χ4n) is 2.16. The van der Waals surface area contributed by atoms with Crippen molar-refractivity contribution < 1.29 is 18.0 Å². The zero-order valence-electron chi connectivity index (χ0n) is 13.4. The van der Waals surface area contributed by atoms with Crippen LogP contribution in [0.4, 0.5) is 19.1 Å². The van der Waals surface area contributed by atoms with Crippen molar-refractivity contribution in [3.63, 3.8) is 0 Å². The highest BCUT2D eigenvalue weighted by molar-refractivity contribution is 9.10. The van der Waals surface area contributed by atoms with Crippen LogP contribution >= 0.6 is 15.9 Å². The summed E-state index contributed by atoms with van der Waals surface area (Å²) in [5, 5.41) is 6.02. The van der Waals surface area contributed by atoms with E-state index >= 15 is 0 Å². The Balaban J connectivity index is 2.28. The first kappa shape index (κ1) is 18.4. The number of nitrogens with zero attached hydrogens (tertiary/aromatic N) is 4. The van der Waals surface area contributed by atoms with Crippen LogP contribution in [0, 0.1) is 20.8 Å². The normalized spacial score (nSPS) is 13.0. The second-order valence-electron chi connectivity index (χ2n) is 5.33. The monoisotopic (exact) mass is 405 g/mol. The first-order valence-corrected chi connectivity index (χ1v) is 7.75. The molecule has 130 valence electrons. The molecule has 0 bridgehead atoms. The summed E-state index contributed by atoms with van der Waals surface area (Å²) in [4.78, 5) is 20.5. The van der Waals surface area contributed by atoms with Gasteiger partial charge in [0.1, 0.15) is 6.04 Å². The minimum absolute atomic E-state index is 0.101. The fraction of sp³-hybridized carbons (Fsp3) is 0.429. The first-order chi connectivity index (χ1) is 11.0. The van der Waals surface area contributed by atoms with Gasteiger partial charge < -0.3 is 0 Å². The summed E-state index contributed by atoms with van der Waals surface area (Å²) >= 11 is 2.88. The molecule has 1 atom stereocenters. The summed E-state index contributed by atoms with van der Waals surface area (Å²) in [6.07, 6.45) is -4.61. The van der Waals surface area contributed by atoms with Gasteiger partial charge in [-0.1, -0.05) is 0 Å². The van der Waals surface area contributed by atoms with Crippen LogP contribution < -0.4 is 5.32 Å². The Labute approximate surface area is 144 Å². The number of carbonyl (C=O) groups excluding carboxylic acids is 1. The van der Waals surface area contributed by atoms with Gasteiger partial charge >= 0.3 is 6.18 Å². The van der Waals surface area contributed by atoms with Crippen LogP contribution in [0.3, 0.4) is 0 Å². The number of anilines is 1. The molecular weight excluding hydrogens is 391 g/mol. The maximum atomic E-state index is 12.9. The van der Waals surface area contributed by atoms with Crippen molar-refractivity contribution in [3.05, 3.63) is 33.3 Å². The highest BCUT2D eigenvalue weighted by Gasteiger charge is 2.39. The average Bonchev–Trinajstić information content (AvgIpc) is 2.73. The molecule has 2 aromatic heterocycles. The zero-order chi connectivity index (χ0) is 18.2. The number of hydrogen-bond acceptors (Lipinski definition) is 4. The Hall–Kier alpha value is -1.97. The lowest BCUT2D eigenvalue weighted by molar-refractivity contribution is -0.142. The predicted octanol–water partition coefficient (Wildman–Crippen LogP) is 3.58. The summed E-state index contributed by atoms with van der Waals surface area (Å²) in [7, 11) is 0. The second-order valence-corrected chi connectivity index (χ2v) is 6.12. The van der Waals surface area contributed by atoms with Crippen molar-refractivity contribution in [3.8, 4) is 0 Å². The van der Waals surface area contributed by atoms with Crippen LogP contribution in [0.1, 0.15) is 35.7 Å². The molecule has 1 N–H and O–H groups in total. The van der Waals surface area contributed by atoms with E-state index in [0.29, 0.717) is 11.4 Å². The van der Waals surface area contributed by atoms with Gasteiger partial charge in [-0.25, -0.2) is 9.97 Å². The van der Waals surface area contributed by atoms with E-state index in [1.807, 2.05) is 0 Å². The van der Waals surface area contributed by atoms with Crippen LogP contribution in [-0.2, 0) is 11.0 Å². The molecular formula is C14H15BrF3N5O. The maximum absolute atomic E-state index is 12.9. The summed E-state index contributed by atoms with van der Waals surface area (Å²) < 4.78 is 39.6. The van der Waals surface area contributed by atoms with Crippen LogP contribution in [0.15, 0.2) is 10.5 Å². The number of carbonyl (C=O) groups is 1. The molecule has 2 heterocycles. The Morgan fingerprint density at radius 2 is 1.79 bits per heavy atom. The number of halogens is 4. The zero-order valence-corrected chi connectivity index (χ0v) is 14.9. The Morgan fingerprint density at radius 3 is 2.25 bits per heavy atom. The maximum Gasteiger partial charge on any atom is 0.436 e. The molecule has 6 nitrogen and oxygen atoms in total. The summed E-state index contributed by atoms with van der Waals surface area (Å²) in [6, 6.07) is 0.769. The van der Waals surface area contributed by atoms with Gasteiger partial charge in [0.2, 0.25) is 5.95 Å². The first-order valence-electron chi connectivity index (χ1n) is 6.95. The molecule has 10 heteroatoms. The Bertz CT molecular complexity index is 767. The minimum atomic E-state index is -4.61. The number of alkyl halides is 3. The molecule has 24 heavy (non-hydrogen) atoms. The van der Waals surface area contributed by atoms with Crippen LogP contribution in [0.2, 0.25) is 0 Å². The molecule has 2 rings (SSSR count). The van der Waals surface area contributed by atoms with Crippen molar-refractivity contribution >= 4 is 27.8 Å². The molecule has 0 aliphatic heterocycles. The fourth-order valence-corrected chi connectivity index (χ4v) is 2.65. The summed E-state index contributed by atoms with van der Waals surface area (Å²) in [5.74, 6) is -0.462. The molecule has 0 saturated carbocycles. The quantitative estimate of drug-likeness (QED) is 0.846. The van der Waals surface area contributed by atoms with Gasteiger partial charge in [0, 0.05) is 11.4 Å². The lowest BCUT2D eigenvalue weighted by Crippen LogP contribution is -2.26. The van der Waals surface area contributed by atoms with Crippen molar-refractivity contribution in [1.82, 2.24) is 19.7 Å². The van der Waals surface area contributed by atoms with Crippen molar-refractivity contribution in [2.75, 3.05) is 5.32 Å². The number of aromatic nitrogens is 4. The molecule has 0 radical (unpaired) electrons. The van der Waals surface area contributed by atoms with Gasteiger partial charge in [-0.05, 0) is 49.7 Å². The standard InChI is InChI=1S/C14H15BrF3N5O/c1-6-5-7(2)20-13(19-6)21-12(24)9(4)23-8(3)10(15)11(22-23)14(16,17)18/h5,9H,1-4H3,(H,19,20,21,24). The molecule has 1 unspecified atom stereocenters. The Kier molecular flexibility index (Phi) is 4.97. The van der Waals surface area contributed by atoms with Gasteiger partial charge in [-0.2, -0.15) is 18.3 Å². The van der Waals surface area contributed by atoms with E-state index in [9.17, 15) is 18.0 Å². The summed E-state index contributed by atoms with van der Waals surface area (Å²) in [6.45, 7) is 6.39. The lowest BCUT2D eigenvalue weighted by Gasteiger charge is -2.14. The number of rotatable bonds is 3. The van der Waals surface area contributed by atoms with E-state index in [2.05, 4.69) is 36.3 Å². The van der Waals surface area contributed by atoms with Gasteiger partial charge in [0.25, 0.3) is 5.91 Å². The average molecular weight is 406 g/mol. The number of hydrogen-bond donors (Lipinski definition) is 1. The third-order valence-corrected chi connectivity index (χ3v) is 4.26. The highest BCUT2D eigenvalue weighted by atomic mass is 79.9.